The monoisotopic (exact) mass is 335 g/mol. The molecule has 24 heavy (non-hydrogen) atoms. The van der Waals surface area contributed by atoms with E-state index in [2.05, 4.69) is 0 Å². The van der Waals surface area contributed by atoms with Crippen molar-refractivity contribution in [2.24, 2.45) is 0 Å². The average Bonchev–Trinajstić information content (AvgIpc) is 2.84. The Morgan fingerprint density at radius 1 is 1.33 bits per heavy atom. The number of hydrogen-bond acceptors (Lipinski definition) is 5. The Morgan fingerprint density at radius 3 is 3.04 bits per heavy atom. The van der Waals surface area contributed by atoms with Gasteiger partial charge in [-0.2, -0.15) is 0 Å². The molecular formula is C18H25NO5. The molecule has 2 heterocycles. The first-order chi connectivity index (χ1) is 11.8. The van der Waals surface area contributed by atoms with Crippen LogP contribution in [0.15, 0.2) is 18.2 Å². The van der Waals surface area contributed by atoms with Crippen LogP contribution >= 0.6 is 0 Å². The van der Waals surface area contributed by atoms with Crippen molar-refractivity contribution < 1.29 is 24.1 Å². The lowest BCUT2D eigenvalue weighted by molar-refractivity contribution is -0.139. The predicted octanol–water partition coefficient (Wildman–Crippen LogP) is 1.49. The molecule has 132 valence electrons. The molecule has 1 unspecified atom stereocenters. The highest BCUT2D eigenvalue weighted by Crippen LogP contribution is 2.24. The van der Waals surface area contributed by atoms with Crippen LogP contribution in [0.25, 0.3) is 0 Å². The number of nitrogens with zero attached hydrogens (tertiary/aromatic N) is 1. The van der Waals surface area contributed by atoms with Crippen molar-refractivity contribution in [2.45, 2.75) is 38.5 Å². The highest BCUT2D eigenvalue weighted by Gasteiger charge is 2.21. The van der Waals surface area contributed by atoms with E-state index < -0.39 is 0 Å². The van der Waals surface area contributed by atoms with E-state index in [-0.39, 0.29) is 25.2 Å². The van der Waals surface area contributed by atoms with Crippen LogP contribution in [-0.2, 0) is 27.4 Å². The normalized spacial score (nSPS) is 20.9. The number of benzene rings is 1. The maximum absolute atomic E-state index is 12.4. The predicted molar refractivity (Wildman–Crippen MR) is 87.7 cm³/mol. The van der Waals surface area contributed by atoms with Gasteiger partial charge in [0.05, 0.1) is 25.9 Å². The number of carbonyl (C=O) groups is 1. The molecule has 0 aliphatic carbocycles. The molecule has 0 bridgehead atoms. The molecule has 1 amide bonds. The van der Waals surface area contributed by atoms with Gasteiger partial charge in [-0.3, -0.25) is 4.79 Å². The van der Waals surface area contributed by atoms with E-state index in [4.69, 9.17) is 14.2 Å². The van der Waals surface area contributed by atoms with Gasteiger partial charge in [0.15, 0.2) is 0 Å². The maximum atomic E-state index is 12.4. The first-order valence-corrected chi connectivity index (χ1v) is 8.59. The summed E-state index contributed by atoms with van der Waals surface area (Å²) in [5.41, 5.74) is 1.74. The van der Waals surface area contributed by atoms with Crippen LogP contribution in [0.1, 0.15) is 30.4 Å². The zero-order valence-electron chi connectivity index (χ0n) is 13.9. The molecular weight excluding hydrogens is 310 g/mol. The van der Waals surface area contributed by atoms with Gasteiger partial charge in [0.2, 0.25) is 5.91 Å². The summed E-state index contributed by atoms with van der Waals surface area (Å²) in [4.78, 5) is 14.2. The Hall–Kier alpha value is -1.63. The number of fused-ring (bicyclic) bond motifs is 1. The Balaban J connectivity index is 1.52. The molecule has 1 N–H and O–H groups in total. The number of ether oxygens (including phenoxy) is 3. The van der Waals surface area contributed by atoms with Gasteiger partial charge >= 0.3 is 0 Å². The van der Waals surface area contributed by atoms with E-state index in [0.29, 0.717) is 26.3 Å². The fourth-order valence-corrected chi connectivity index (χ4v) is 3.07. The Kier molecular flexibility index (Phi) is 6.07. The second-order valence-electron chi connectivity index (χ2n) is 6.27. The zero-order valence-corrected chi connectivity index (χ0v) is 13.9. The molecule has 0 aromatic heterocycles. The van der Waals surface area contributed by atoms with Gasteiger partial charge in [0.25, 0.3) is 0 Å². The fraction of sp³-hybridized carbons (Fsp3) is 0.611. The van der Waals surface area contributed by atoms with Crippen LogP contribution in [0.2, 0.25) is 0 Å². The van der Waals surface area contributed by atoms with Crippen molar-refractivity contribution in [2.75, 3.05) is 33.0 Å². The van der Waals surface area contributed by atoms with Crippen molar-refractivity contribution in [1.29, 1.82) is 0 Å². The van der Waals surface area contributed by atoms with Crippen molar-refractivity contribution in [3.05, 3.63) is 29.3 Å². The number of rotatable bonds is 5. The minimum Gasteiger partial charge on any atom is -0.491 e. The maximum Gasteiger partial charge on any atom is 0.248 e. The molecule has 1 atom stereocenters. The smallest absolute Gasteiger partial charge is 0.248 e. The minimum atomic E-state index is -0.0448. The lowest BCUT2D eigenvalue weighted by Gasteiger charge is -2.23. The number of aliphatic hydroxyl groups is 1. The van der Waals surface area contributed by atoms with Gasteiger partial charge in [-0.1, -0.05) is 6.07 Å². The largest absolute Gasteiger partial charge is 0.491 e. The molecule has 1 aromatic rings. The number of amides is 1. The molecule has 6 heteroatoms. The average molecular weight is 335 g/mol. The molecule has 0 spiro atoms. The lowest BCUT2D eigenvalue weighted by atomic mass is 10.1. The van der Waals surface area contributed by atoms with E-state index >= 15 is 0 Å². The Bertz CT molecular complexity index is 556. The van der Waals surface area contributed by atoms with Crippen molar-refractivity contribution in [3.8, 4) is 5.75 Å². The molecule has 1 fully saturated rings. The third kappa shape index (κ3) is 4.47. The summed E-state index contributed by atoms with van der Waals surface area (Å²) in [5, 5.41) is 9.27. The van der Waals surface area contributed by atoms with Crippen LogP contribution in [0.5, 0.6) is 5.75 Å². The quantitative estimate of drug-likeness (QED) is 0.883. The summed E-state index contributed by atoms with van der Waals surface area (Å²) in [5.74, 6) is 0.732. The van der Waals surface area contributed by atoms with Crippen molar-refractivity contribution >= 4 is 5.91 Å². The highest BCUT2D eigenvalue weighted by molar-refractivity contribution is 5.77. The van der Waals surface area contributed by atoms with Crippen LogP contribution in [0.3, 0.4) is 0 Å². The summed E-state index contributed by atoms with van der Waals surface area (Å²) < 4.78 is 16.9. The summed E-state index contributed by atoms with van der Waals surface area (Å²) in [7, 11) is 0. The number of hydrogen-bond donors (Lipinski definition) is 1. The minimum absolute atomic E-state index is 0.0221. The zero-order chi connectivity index (χ0) is 16.8. The van der Waals surface area contributed by atoms with Crippen LogP contribution in [0.4, 0.5) is 0 Å². The third-order valence-electron chi connectivity index (χ3n) is 4.44. The van der Waals surface area contributed by atoms with Gasteiger partial charge in [0, 0.05) is 18.7 Å². The molecule has 2 aliphatic heterocycles. The second kappa shape index (κ2) is 8.46. The van der Waals surface area contributed by atoms with Gasteiger partial charge in [0.1, 0.15) is 19.0 Å². The van der Waals surface area contributed by atoms with Gasteiger partial charge in [-0.05, 0) is 37.0 Å². The summed E-state index contributed by atoms with van der Waals surface area (Å²) >= 11 is 0. The first kappa shape index (κ1) is 17.2. The van der Waals surface area contributed by atoms with Crippen LogP contribution in [-0.4, -0.2) is 55.0 Å². The molecule has 2 aliphatic rings. The molecule has 0 radical (unpaired) electrons. The van der Waals surface area contributed by atoms with E-state index in [1.54, 1.807) is 4.90 Å². The van der Waals surface area contributed by atoms with Gasteiger partial charge in [-0.15, -0.1) is 0 Å². The fourth-order valence-electron chi connectivity index (χ4n) is 3.07. The highest BCUT2D eigenvalue weighted by atomic mass is 16.5. The van der Waals surface area contributed by atoms with Crippen LogP contribution < -0.4 is 4.74 Å². The molecule has 0 saturated carbocycles. The lowest BCUT2D eigenvalue weighted by Crippen LogP contribution is -2.36. The van der Waals surface area contributed by atoms with Crippen molar-refractivity contribution in [1.82, 2.24) is 4.90 Å². The molecule has 6 nitrogen and oxygen atoms in total. The van der Waals surface area contributed by atoms with Gasteiger partial charge in [-0.25, -0.2) is 0 Å². The van der Waals surface area contributed by atoms with E-state index in [1.807, 2.05) is 18.2 Å². The first-order valence-electron chi connectivity index (χ1n) is 8.59. The Labute approximate surface area is 142 Å². The van der Waals surface area contributed by atoms with Gasteiger partial charge < -0.3 is 24.2 Å². The number of carbonyl (C=O) groups excluding carboxylic acids is 1. The summed E-state index contributed by atoms with van der Waals surface area (Å²) in [6, 6.07) is 5.58. The second-order valence-corrected chi connectivity index (χ2v) is 6.27. The molecule has 1 saturated heterocycles. The number of aliphatic hydroxyl groups excluding tert-OH is 1. The standard InChI is InChI=1S/C18H25NO5/c20-11-14-4-5-17-15(9-14)10-19(6-8-24-17)18(21)13-22-12-16-3-1-2-7-23-16/h4-5,9,16,20H,1-3,6-8,10-13H2. The molecule has 1 aromatic carbocycles. The van der Waals surface area contributed by atoms with E-state index in [0.717, 1.165) is 42.7 Å². The Morgan fingerprint density at radius 2 is 2.25 bits per heavy atom. The summed E-state index contributed by atoms with van der Waals surface area (Å²) in [6.07, 6.45) is 3.39. The SMILES string of the molecule is O=C(COCC1CCCCO1)N1CCOc2ccc(CO)cc2C1. The van der Waals surface area contributed by atoms with Crippen molar-refractivity contribution in [3.63, 3.8) is 0 Å². The topological polar surface area (TPSA) is 68.2 Å². The van der Waals surface area contributed by atoms with E-state index in [9.17, 15) is 9.90 Å². The third-order valence-corrected chi connectivity index (χ3v) is 4.44. The van der Waals surface area contributed by atoms with E-state index in [1.165, 1.54) is 0 Å². The molecule has 3 rings (SSSR count). The van der Waals surface area contributed by atoms with Crippen LogP contribution in [0, 0.1) is 0 Å². The summed E-state index contributed by atoms with van der Waals surface area (Å²) in [6.45, 7) is 2.77.